The van der Waals surface area contributed by atoms with Crippen molar-refractivity contribution < 1.29 is 19.1 Å². The lowest BCUT2D eigenvalue weighted by Crippen LogP contribution is -2.35. The van der Waals surface area contributed by atoms with Crippen LogP contribution in [0.15, 0.2) is 72.0 Å². The molecule has 0 fully saturated rings. The topological polar surface area (TPSA) is 88.1 Å². The highest BCUT2D eigenvalue weighted by molar-refractivity contribution is 7.98. The molecule has 0 N–H and O–H groups in total. The van der Waals surface area contributed by atoms with Crippen LogP contribution in [0, 0.1) is 0 Å². The van der Waals surface area contributed by atoms with Crippen LogP contribution in [0.3, 0.4) is 0 Å². The fraction of sp³-hybridized carbons (Fsp3) is 0.419. The summed E-state index contributed by atoms with van der Waals surface area (Å²) in [7, 11) is 3.66. The maximum atomic E-state index is 13.3. The molecule has 0 aliphatic carbocycles. The molecule has 4 rings (SSSR count). The number of carbonyl (C=O) groups excluding carboxylic acids is 2. The smallest absolute Gasteiger partial charge is 0.410 e. The predicted molar refractivity (Wildman–Crippen MR) is 165 cm³/mol. The fourth-order valence-electron chi connectivity index (χ4n) is 3.97. The molecule has 0 bridgehead atoms. The van der Waals surface area contributed by atoms with Crippen LogP contribution in [0.4, 0.5) is 16.3 Å². The lowest BCUT2D eigenvalue weighted by molar-refractivity contribution is 0.0276. The van der Waals surface area contributed by atoms with Gasteiger partial charge in [0.25, 0.3) is 5.91 Å². The van der Waals surface area contributed by atoms with E-state index in [1.54, 1.807) is 23.0 Å². The summed E-state index contributed by atoms with van der Waals surface area (Å²) < 4.78 is 11.2. The predicted octanol–water partition coefficient (Wildman–Crippen LogP) is 5.76. The van der Waals surface area contributed by atoms with Gasteiger partial charge >= 0.3 is 6.09 Å². The highest BCUT2D eigenvalue weighted by Gasteiger charge is 2.28. The SMILES string of the molecule is CSc1ncc2c(n1)N(C)CCN(c1cccc(COCCCN(C)C(=O)OC(C)(C)C)c1)C2=O.c1ccccc1. The Labute approximate surface area is 247 Å². The van der Waals surface area contributed by atoms with Crippen molar-refractivity contribution in [3.8, 4) is 0 Å². The van der Waals surface area contributed by atoms with E-state index in [-0.39, 0.29) is 12.0 Å². The number of hydrogen-bond donors (Lipinski definition) is 0. The van der Waals surface area contributed by atoms with Crippen LogP contribution in [0.1, 0.15) is 43.1 Å². The van der Waals surface area contributed by atoms with E-state index < -0.39 is 5.60 Å². The first-order chi connectivity index (χ1) is 19.6. The number of nitrogens with zero attached hydrogens (tertiary/aromatic N) is 5. The zero-order chi connectivity index (χ0) is 29.8. The number of thioether (sulfide) groups is 1. The first-order valence-corrected chi connectivity index (χ1v) is 14.9. The first-order valence-electron chi connectivity index (χ1n) is 13.6. The van der Waals surface area contributed by atoms with Gasteiger partial charge in [0.1, 0.15) is 17.0 Å². The van der Waals surface area contributed by atoms with E-state index in [9.17, 15) is 9.59 Å². The second kappa shape index (κ2) is 15.4. The van der Waals surface area contributed by atoms with Crippen molar-refractivity contribution >= 4 is 35.3 Å². The Morgan fingerprint density at radius 1 is 1.07 bits per heavy atom. The molecule has 0 saturated heterocycles. The van der Waals surface area contributed by atoms with E-state index >= 15 is 0 Å². The van der Waals surface area contributed by atoms with E-state index in [1.165, 1.54) is 11.8 Å². The zero-order valence-electron chi connectivity index (χ0n) is 24.9. The first kappa shape index (κ1) is 31.9. The maximum absolute atomic E-state index is 13.3. The number of amides is 2. The van der Waals surface area contributed by atoms with Gasteiger partial charge in [-0.2, -0.15) is 0 Å². The molecule has 2 aromatic carbocycles. The van der Waals surface area contributed by atoms with E-state index in [0.29, 0.717) is 55.8 Å². The van der Waals surface area contributed by atoms with Gasteiger partial charge in [0, 0.05) is 52.2 Å². The molecule has 0 atom stereocenters. The van der Waals surface area contributed by atoms with Crippen molar-refractivity contribution in [3.63, 3.8) is 0 Å². The fourth-order valence-corrected chi connectivity index (χ4v) is 4.31. The molecular weight excluding hydrogens is 538 g/mol. The Kier molecular flexibility index (Phi) is 12.0. The Bertz CT molecular complexity index is 1240. The summed E-state index contributed by atoms with van der Waals surface area (Å²) in [5.74, 6) is 0.549. The van der Waals surface area contributed by atoms with E-state index in [0.717, 1.165) is 11.3 Å². The lowest BCUT2D eigenvalue weighted by Gasteiger charge is -2.24. The monoisotopic (exact) mass is 579 g/mol. The van der Waals surface area contributed by atoms with Gasteiger partial charge in [-0.25, -0.2) is 14.8 Å². The second-order valence-electron chi connectivity index (χ2n) is 10.6. The van der Waals surface area contributed by atoms with E-state index in [4.69, 9.17) is 9.47 Å². The minimum Gasteiger partial charge on any atom is -0.444 e. The van der Waals surface area contributed by atoms with Crippen LogP contribution in [0.2, 0.25) is 0 Å². The Balaban J connectivity index is 0.000000681. The van der Waals surface area contributed by atoms with Crippen molar-refractivity contribution in [1.29, 1.82) is 0 Å². The summed E-state index contributed by atoms with van der Waals surface area (Å²) in [6, 6.07) is 19.8. The minimum absolute atomic E-state index is 0.111. The third-order valence-electron chi connectivity index (χ3n) is 6.07. The van der Waals surface area contributed by atoms with Gasteiger partial charge in [-0.05, 0) is 51.1 Å². The van der Waals surface area contributed by atoms with E-state index in [2.05, 4.69) is 9.97 Å². The summed E-state index contributed by atoms with van der Waals surface area (Å²) in [6.07, 6.45) is 3.89. The standard InChI is InChI=1S/C25H35N5O4S.C6H6/c1-25(2,3)34-24(32)29(5)11-8-14-33-17-18-9-7-10-19(15-18)30-13-12-28(4)21-20(22(30)31)16-26-23(27-21)35-6;1-2-4-6-5-3-1/h7,9-10,15-16H,8,11-14,17H2,1-6H3;1-6H. The molecule has 0 radical (unpaired) electrons. The Hall–Kier alpha value is -3.63. The van der Waals surface area contributed by atoms with Gasteiger partial charge in [-0.1, -0.05) is 60.3 Å². The quantitative estimate of drug-likeness (QED) is 0.189. The van der Waals surface area contributed by atoms with Crippen molar-refractivity contribution in [2.75, 3.05) is 56.4 Å². The van der Waals surface area contributed by atoms with Crippen LogP contribution >= 0.6 is 11.8 Å². The van der Waals surface area contributed by atoms with Crippen LogP contribution in [0.5, 0.6) is 0 Å². The molecule has 2 heterocycles. The number of carbonyl (C=O) groups is 2. The number of fused-ring (bicyclic) bond motifs is 1. The van der Waals surface area contributed by atoms with Crippen molar-refractivity contribution in [3.05, 3.63) is 78.0 Å². The molecule has 9 nitrogen and oxygen atoms in total. The van der Waals surface area contributed by atoms with Gasteiger partial charge in [0.05, 0.1) is 6.61 Å². The summed E-state index contributed by atoms with van der Waals surface area (Å²) in [6.45, 7) is 8.22. The molecule has 10 heteroatoms. The average molecular weight is 580 g/mol. The molecule has 0 saturated carbocycles. The molecule has 1 aliphatic heterocycles. The van der Waals surface area contributed by atoms with Gasteiger partial charge in [0.2, 0.25) is 0 Å². The van der Waals surface area contributed by atoms with Crippen molar-refractivity contribution in [2.45, 2.75) is 44.6 Å². The molecule has 220 valence electrons. The number of aromatic nitrogens is 2. The van der Waals surface area contributed by atoms with Gasteiger partial charge in [-0.3, -0.25) is 4.79 Å². The van der Waals surface area contributed by atoms with Crippen LogP contribution < -0.4 is 9.80 Å². The molecule has 1 aliphatic rings. The molecular formula is C31H41N5O4S. The van der Waals surface area contributed by atoms with Crippen LogP contribution in [0.25, 0.3) is 0 Å². The molecule has 1 aromatic heterocycles. The largest absolute Gasteiger partial charge is 0.444 e. The van der Waals surface area contributed by atoms with Crippen LogP contribution in [-0.4, -0.2) is 79.1 Å². The molecule has 2 amide bonds. The summed E-state index contributed by atoms with van der Waals surface area (Å²) >= 11 is 1.45. The van der Waals surface area contributed by atoms with E-state index in [1.807, 2.05) is 99.6 Å². The number of likely N-dealkylation sites (N-methyl/N-ethyl adjacent to an activating group) is 1. The second-order valence-corrected chi connectivity index (χ2v) is 11.4. The average Bonchev–Trinajstić information content (AvgIpc) is 3.08. The number of rotatable bonds is 8. The minimum atomic E-state index is -0.510. The number of benzene rings is 2. The highest BCUT2D eigenvalue weighted by Crippen LogP contribution is 2.27. The van der Waals surface area contributed by atoms with Gasteiger partial charge < -0.3 is 24.2 Å². The normalized spacial score (nSPS) is 13.1. The van der Waals surface area contributed by atoms with Gasteiger partial charge in [0.15, 0.2) is 5.16 Å². The lowest BCUT2D eigenvalue weighted by atomic mass is 10.1. The number of anilines is 2. The Morgan fingerprint density at radius 3 is 2.39 bits per heavy atom. The molecule has 0 spiro atoms. The van der Waals surface area contributed by atoms with Gasteiger partial charge in [-0.15, -0.1) is 0 Å². The molecule has 3 aromatic rings. The third kappa shape index (κ3) is 10.1. The summed E-state index contributed by atoms with van der Waals surface area (Å²) in [5.41, 5.74) is 1.78. The van der Waals surface area contributed by atoms with Crippen LogP contribution in [-0.2, 0) is 16.1 Å². The van der Waals surface area contributed by atoms with Crippen molar-refractivity contribution in [2.24, 2.45) is 0 Å². The summed E-state index contributed by atoms with van der Waals surface area (Å²) in [5, 5.41) is 0.647. The Morgan fingerprint density at radius 2 is 1.76 bits per heavy atom. The zero-order valence-corrected chi connectivity index (χ0v) is 25.7. The molecule has 0 unspecified atom stereocenters. The third-order valence-corrected chi connectivity index (χ3v) is 6.63. The maximum Gasteiger partial charge on any atom is 0.410 e. The highest BCUT2D eigenvalue weighted by atomic mass is 32.2. The molecule has 41 heavy (non-hydrogen) atoms. The number of hydrogen-bond acceptors (Lipinski definition) is 8. The number of ether oxygens (including phenoxy) is 2. The van der Waals surface area contributed by atoms with Crippen molar-refractivity contribution in [1.82, 2.24) is 14.9 Å². The summed E-state index contributed by atoms with van der Waals surface area (Å²) in [4.78, 5) is 39.5.